The molecule has 3 aliphatic rings. The number of carbonyl (C=O) groups is 2. The number of hydrogen-bond donors (Lipinski definition) is 1. The summed E-state index contributed by atoms with van der Waals surface area (Å²) in [5.74, 6) is 0.654. The number of carboxylic acid groups (broad SMARTS) is 1. The number of nitrogens with zero attached hydrogens (tertiary/aromatic N) is 2. The fraction of sp³-hybridized carbons (Fsp3) is 0.867. The number of amides is 2. The highest BCUT2D eigenvalue weighted by Gasteiger charge is 2.50. The Labute approximate surface area is 130 Å². The number of likely N-dealkylation sites (tertiary alicyclic amines) is 1. The number of thioether (sulfide) groups is 1. The Morgan fingerprint density at radius 3 is 2.71 bits per heavy atom. The molecule has 3 fully saturated rings. The molecule has 3 rings (SSSR count). The van der Waals surface area contributed by atoms with E-state index in [2.05, 4.69) is 13.8 Å². The van der Waals surface area contributed by atoms with Crippen molar-refractivity contribution in [2.45, 2.75) is 43.9 Å². The topological polar surface area (TPSA) is 60.9 Å². The van der Waals surface area contributed by atoms with E-state index in [0.717, 1.165) is 31.6 Å². The lowest BCUT2D eigenvalue weighted by Crippen LogP contribution is -2.54. The third-order valence-corrected chi connectivity index (χ3v) is 6.38. The SMILES string of the molecule is CC1(C)CN(C(=O)N2CC3CCCC3C2C(=O)O)CCS1. The molecule has 1 aliphatic carbocycles. The lowest BCUT2D eigenvalue weighted by atomic mass is 9.94. The van der Waals surface area contributed by atoms with Crippen molar-refractivity contribution >= 4 is 23.8 Å². The summed E-state index contributed by atoms with van der Waals surface area (Å²) in [6.45, 7) is 6.35. The molecule has 3 unspecified atom stereocenters. The zero-order valence-corrected chi connectivity index (χ0v) is 13.6. The van der Waals surface area contributed by atoms with Gasteiger partial charge in [0.1, 0.15) is 6.04 Å². The zero-order chi connectivity index (χ0) is 15.2. The van der Waals surface area contributed by atoms with Crippen molar-refractivity contribution in [3.63, 3.8) is 0 Å². The fourth-order valence-corrected chi connectivity index (χ4v) is 5.29. The number of aliphatic carboxylic acids is 1. The van der Waals surface area contributed by atoms with Gasteiger partial charge in [0, 0.05) is 30.1 Å². The van der Waals surface area contributed by atoms with Gasteiger partial charge in [-0.25, -0.2) is 9.59 Å². The summed E-state index contributed by atoms with van der Waals surface area (Å²) < 4.78 is 0.0578. The molecule has 3 atom stereocenters. The Morgan fingerprint density at radius 1 is 1.29 bits per heavy atom. The largest absolute Gasteiger partial charge is 0.480 e. The van der Waals surface area contributed by atoms with E-state index in [4.69, 9.17) is 0 Å². The zero-order valence-electron chi connectivity index (χ0n) is 12.7. The maximum absolute atomic E-state index is 12.8. The first-order chi connectivity index (χ1) is 9.89. The maximum Gasteiger partial charge on any atom is 0.326 e. The van der Waals surface area contributed by atoms with E-state index in [1.807, 2.05) is 16.7 Å². The minimum absolute atomic E-state index is 0.0578. The average Bonchev–Trinajstić information content (AvgIpc) is 2.95. The Morgan fingerprint density at radius 2 is 2.05 bits per heavy atom. The first-order valence-electron chi connectivity index (χ1n) is 7.81. The van der Waals surface area contributed by atoms with Crippen LogP contribution in [0.4, 0.5) is 4.79 Å². The van der Waals surface area contributed by atoms with Crippen molar-refractivity contribution in [3.8, 4) is 0 Å². The molecule has 1 saturated carbocycles. The van der Waals surface area contributed by atoms with E-state index < -0.39 is 12.0 Å². The highest BCUT2D eigenvalue weighted by Crippen LogP contribution is 2.43. The van der Waals surface area contributed by atoms with Crippen molar-refractivity contribution in [3.05, 3.63) is 0 Å². The first-order valence-corrected chi connectivity index (χ1v) is 8.80. The van der Waals surface area contributed by atoms with E-state index in [0.29, 0.717) is 19.0 Å². The van der Waals surface area contributed by atoms with Crippen molar-refractivity contribution in [1.29, 1.82) is 0 Å². The number of fused-ring (bicyclic) bond motifs is 1. The van der Waals surface area contributed by atoms with Crippen LogP contribution < -0.4 is 0 Å². The Balaban J connectivity index is 1.76. The average molecular weight is 312 g/mol. The van der Waals surface area contributed by atoms with Gasteiger partial charge in [-0.3, -0.25) is 0 Å². The van der Waals surface area contributed by atoms with Crippen LogP contribution in [0.5, 0.6) is 0 Å². The van der Waals surface area contributed by atoms with Gasteiger partial charge in [-0.15, -0.1) is 0 Å². The molecular formula is C15H24N2O3S. The molecular weight excluding hydrogens is 288 g/mol. The molecule has 6 heteroatoms. The molecule has 5 nitrogen and oxygen atoms in total. The highest BCUT2D eigenvalue weighted by molar-refractivity contribution is 8.00. The van der Waals surface area contributed by atoms with Gasteiger partial charge in [0.05, 0.1) is 0 Å². The van der Waals surface area contributed by atoms with Crippen LogP contribution in [0.25, 0.3) is 0 Å². The molecule has 0 aromatic heterocycles. The van der Waals surface area contributed by atoms with Gasteiger partial charge in [-0.1, -0.05) is 6.42 Å². The summed E-state index contributed by atoms with van der Waals surface area (Å²) in [7, 11) is 0. The second-order valence-corrected chi connectivity index (χ2v) is 8.90. The Bertz CT molecular complexity index is 454. The van der Waals surface area contributed by atoms with Gasteiger partial charge in [-0.05, 0) is 38.5 Å². The van der Waals surface area contributed by atoms with E-state index in [1.54, 1.807) is 4.90 Å². The normalized spacial score (nSPS) is 34.9. The summed E-state index contributed by atoms with van der Waals surface area (Å²) in [4.78, 5) is 28.0. The summed E-state index contributed by atoms with van der Waals surface area (Å²) >= 11 is 1.88. The van der Waals surface area contributed by atoms with E-state index in [1.165, 1.54) is 0 Å². The van der Waals surface area contributed by atoms with Crippen LogP contribution in [0.1, 0.15) is 33.1 Å². The lowest BCUT2D eigenvalue weighted by molar-refractivity contribution is -0.142. The first kappa shape index (κ1) is 15.0. The molecule has 21 heavy (non-hydrogen) atoms. The fourth-order valence-electron chi connectivity index (χ4n) is 4.18. The molecule has 0 radical (unpaired) electrons. The minimum atomic E-state index is -0.830. The number of carboxylic acids is 1. The van der Waals surface area contributed by atoms with E-state index in [-0.39, 0.29) is 16.7 Å². The molecule has 2 saturated heterocycles. The second-order valence-electron chi connectivity index (χ2n) is 7.10. The van der Waals surface area contributed by atoms with Gasteiger partial charge in [-0.2, -0.15) is 11.8 Å². The number of hydrogen-bond acceptors (Lipinski definition) is 3. The number of carbonyl (C=O) groups excluding carboxylic acids is 1. The standard InChI is InChI=1S/C15H24N2O3S/c1-15(2)9-16(6-7-21-15)14(20)17-8-10-4-3-5-11(10)12(17)13(18)19/h10-12H,3-9H2,1-2H3,(H,18,19). The third kappa shape index (κ3) is 2.74. The molecule has 0 spiro atoms. The van der Waals surface area contributed by atoms with Crippen LogP contribution in [0.3, 0.4) is 0 Å². The van der Waals surface area contributed by atoms with Crippen LogP contribution in [-0.4, -0.2) is 63.1 Å². The smallest absolute Gasteiger partial charge is 0.326 e. The molecule has 2 amide bonds. The quantitative estimate of drug-likeness (QED) is 0.805. The lowest BCUT2D eigenvalue weighted by Gasteiger charge is -2.40. The molecule has 2 heterocycles. The maximum atomic E-state index is 12.8. The van der Waals surface area contributed by atoms with Gasteiger partial charge < -0.3 is 14.9 Å². The number of urea groups is 1. The van der Waals surface area contributed by atoms with Crippen molar-refractivity contribution in [2.24, 2.45) is 11.8 Å². The van der Waals surface area contributed by atoms with Gasteiger partial charge >= 0.3 is 12.0 Å². The molecule has 0 aromatic carbocycles. The van der Waals surface area contributed by atoms with Crippen LogP contribution in [0.2, 0.25) is 0 Å². The summed E-state index contributed by atoms with van der Waals surface area (Å²) in [5.41, 5.74) is 0. The third-order valence-electron chi connectivity index (χ3n) is 5.09. The predicted octanol–water partition coefficient (Wildman–Crippen LogP) is 2.12. The van der Waals surface area contributed by atoms with E-state index >= 15 is 0 Å². The minimum Gasteiger partial charge on any atom is -0.480 e. The van der Waals surface area contributed by atoms with Gasteiger partial charge in [0.25, 0.3) is 0 Å². The molecule has 0 bridgehead atoms. The van der Waals surface area contributed by atoms with Crippen LogP contribution in [0, 0.1) is 11.8 Å². The van der Waals surface area contributed by atoms with Crippen molar-refractivity contribution in [1.82, 2.24) is 9.80 Å². The van der Waals surface area contributed by atoms with Crippen LogP contribution in [0.15, 0.2) is 0 Å². The van der Waals surface area contributed by atoms with Crippen molar-refractivity contribution < 1.29 is 14.7 Å². The Hall–Kier alpha value is -0.910. The monoisotopic (exact) mass is 312 g/mol. The predicted molar refractivity (Wildman–Crippen MR) is 82.5 cm³/mol. The van der Waals surface area contributed by atoms with Crippen LogP contribution in [-0.2, 0) is 4.79 Å². The van der Waals surface area contributed by atoms with Crippen LogP contribution >= 0.6 is 11.8 Å². The second kappa shape index (κ2) is 5.38. The summed E-state index contributed by atoms with van der Waals surface area (Å²) in [6, 6.07) is -0.673. The number of rotatable bonds is 1. The summed E-state index contributed by atoms with van der Waals surface area (Å²) in [6.07, 6.45) is 3.13. The van der Waals surface area contributed by atoms with Crippen molar-refractivity contribution in [2.75, 3.05) is 25.4 Å². The van der Waals surface area contributed by atoms with E-state index in [9.17, 15) is 14.7 Å². The van der Waals surface area contributed by atoms with Gasteiger partial charge in [0.2, 0.25) is 0 Å². The highest BCUT2D eigenvalue weighted by atomic mass is 32.2. The Kier molecular flexibility index (Phi) is 3.84. The molecule has 0 aromatic rings. The molecule has 2 aliphatic heterocycles. The van der Waals surface area contributed by atoms with Gasteiger partial charge in [0.15, 0.2) is 0 Å². The molecule has 1 N–H and O–H groups in total. The molecule has 118 valence electrons. The summed E-state index contributed by atoms with van der Waals surface area (Å²) in [5, 5.41) is 9.56.